The predicted molar refractivity (Wildman–Crippen MR) is 125 cm³/mol. The number of nitrogens with zero attached hydrogens (tertiary/aromatic N) is 3. The molecule has 7 nitrogen and oxygen atoms in total. The summed E-state index contributed by atoms with van der Waals surface area (Å²) in [5.74, 6) is 0.0195. The molecular weight excluding hydrogens is 402 g/mol. The van der Waals surface area contributed by atoms with Crippen molar-refractivity contribution in [2.24, 2.45) is 7.05 Å². The van der Waals surface area contributed by atoms with E-state index in [0.717, 1.165) is 5.56 Å². The fraction of sp³-hybridized carbons (Fsp3) is 0.120. The Morgan fingerprint density at radius 3 is 2.47 bits per heavy atom. The maximum Gasteiger partial charge on any atom is 0.256 e. The zero-order valence-corrected chi connectivity index (χ0v) is 18.1. The van der Waals surface area contributed by atoms with Gasteiger partial charge in [0, 0.05) is 35.5 Å². The van der Waals surface area contributed by atoms with Crippen molar-refractivity contribution in [1.29, 1.82) is 5.26 Å². The topological polar surface area (TPSA) is 99.8 Å². The van der Waals surface area contributed by atoms with E-state index >= 15 is 0 Å². The zero-order chi connectivity index (χ0) is 23.1. The van der Waals surface area contributed by atoms with Gasteiger partial charge in [0.2, 0.25) is 0 Å². The van der Waals surface area contributed by atoms with E-state index in [1.807, 2.05) is 38.1 Å². The third-order valence-electron chi connectivity index (χ3n) is 4.73. The van der Waals surface area contributed by atoms with E-state index in [2.05, 4.69) is 15.7 Å². The van der Waals surface area contributed by atoms with Crippen molar-refractivity contribution in [1.82, 2.24) is 9.78 Å². The molecule has 2 N–H and O–H groups in total. The number of benzene rings is 2. The fourth-order valence-electron chi connectivity index (χ4n) is 3.05. The number of carbonyl (C=O) groups excluding carboxylic acids is 2. The molecule has 0 saturated heterocycles. The SMILES string of the molecule is C/C=C\C(=C/C)C(=O)Nc1ccc(-c2cc(NC(=O)c3cccc(C#N)c3)n(C)n2)cc1. The van der Waals surface area contributed by atoms with Gasteiger partial charge in [0.15, 0.2) is 0 Å². The van der Waals surface area contributed by atoms with Crippen molar-refractivity contribution in [2.75, 3.05) is 10.6 Å². The number of nitriles is 1. The second-order valence-corrected chi connectivity index (χ2v) is 6.96. The summed E-state index contributed by atoms with van der Waals surface area (Å²) in [5.41, 5.74) is 3.58. The molecule has 0 radical (unpaired) electrons. The van der Waals surface area contributed by atoms with Crippen molar-refractivity contribution in [2.45, 2.75) is 13.8 Å². The highest BCUT2D eigenvalue weighted by molar-refractivity contribution is 6.06. The van der Waals surface area contributed by atoms with Gasteiger partial charge in [-0.1, -0.05) is 36.4 Å². The first-order valence-corrected chi connectivity index (χ1v) is 10.0. The van der Waals surface area contributed by atoms with Crippen LogP contribution in [0.5, 0.6) is 0 Å². The molecule has 3 rings (SSSR count). The third kappa shape index (κ3) is 5.18. The Balaban J connectivity index is 1.73. The number of anilines is 2. The van der Waals surface area contributed by atoms with Gasteiger partial charge in [0.1, 0.15) is 5.82 Å². The minimum atomic E-state index is -0.323. The highest BCUT2D eigenvalue weighted by Gasteiger charge is 2.13. The van der Waals surface area contributed by atoms with E-state index in [0.29, 0.717) is 33.9 Å². The number of amides is 2. The maximum atomic E-state index is 12.5. The number of rotatable bonds is 6. The van der Waals surface area contributed by atoms with E-state index in [4.69, 9.17) is 5.26 Å². The lowest BCUT2D eigenvalue weighted by Gasteiger charge is -2.06. The molecule has 2 aromatic carbocycles. The van der Waals surface area contributed by atoms with Crippen LogP contribution in [0.25, 0.3) is 11.3 Å². The molecule has 1 aromatic heterocycles. The Morgan fingerprint density at radius 2 is 1.81 bits per heavy atom. The lowest BCUT2D eigenvalue weighted by Crippen LogP contribution is -2.14. The molecule has 7 heteroatoms. The minimum absolute atomic E-state index is 0.179. The maximum absolute atomic E-state index is 12.5. The molecule has 0 aliphatic carbocycles. The number of hydrogen-bond donors (Lipinski definition) is 2. The summed E-state index contributed by atoms with van der Waals surface area (Å²) < 4.78 is 1.58. The van der Waals surface area contributed by atoms with Crippen LogP contribution in [0, 0.1) is 11.3 Å². The standard InChI is InChI=1S/C25H23N5O2/c1-4-7-18(5-2)24(31)27-21-12-10-19(11-13-21)22-15-23(30(3)29-22)28-25(32)20-9-6-8-17(14-20)16-26/h4-15H,1-3H3,(H,27,31)(H,28,32)/b7-4-,18-5+. The van der Waals surface area contributed by atoms with E-state index in [-0.39, 0.29) is 11.8 Å². The van der Waals surface area contributed by atoms with Crippen LogP contribution in [-0.2, 0) is 11.8 Å². The van der Waals surface area contributed by atoms with E-state index < -0.39 is 0 Å². The summed E-state index contributed by atoms with van der Waals surface area (Å²) in [4.78, 5) is 24.8. The number of aryl methyl sites for hydroxylation is 1. The summed E-state index contributed by atoms with van der Waals surface area (Å²) >= 11 is 0. The average molecular weight is 425 g/mol. The zero-order valence-electron chi connectivity index (χ0n) is 18.1. The fourth-order valence-corrected chi connectivity index (χ4v) is 3.05. The smallest absolute Gasteiger partial charge is 0.256 e. The Labute approximate surface area is 186 Å². The van der Waals surface area contributed by atoms with Gasteiger partial charge >= 0.3 is 0 Å². The van der Waals surface area contributed by atoms with Crippen molar-refractivity contribution in [3.63, 3.8) is 0 Å². The van der Waals surface area contributed by atoms with Crippen LogP contribution in [0.3, 0.4) is 0 Å². The van der Waals surface area contributed by atoms with Gasteiger partial charge < -0.3 is 10.6 Å². The molecular formula is C25H23N5O2. The molecule has 1 heterocycles. The number of hydrogen-bond acceptors (Lipinski definition) is 4. The van der Waals surface area contributed by atoms with E-state index in [9.17, 15) is 9.59 Å². The Kier molecular flexibility index (Phi) is 6.99. The largest absolute Gasteiger partial charge is 0.322 e. The van der Waals surface area contributed by atoms with Gasteiger partial charge in [-0.25, -0.2) is 0 Å². The highest BCUT2D eigenvalue weighted by Crippen LogP contribution is 2.24. The van der Waals surface area contributed by atoms with Crippen LogP contribution >= 0.6 is 0 Å². The van der Waals surface area contributed by atoms with Gasteiger partial charge in [-0.15, -0.1) is 0 Å². The number of carbonyl (C=O) groups is 2. The molecule has 0 aliphatic rings. The van der Waals surface area contributed by atoms with Crippen LogP contribution in [0.2, 0.25) is 0 Å². The van der Waals surface area contributed by atoms with Crippen LogP contribution in [-0.4, -0.2) is 21.6 Å². The first kappa shape index (κ1) is 22.2. The monoisotopic (exact) mass is 425 g/mol. The second-order valence-electron chi connectivity index (χ2n) is 6.96. The van der Waals surface area contributed by atoms with Crippen LogP contribution in [0.4, 0.5) is 11.5 Å². The van der Waals surface area contributed by atoms with Gasteiger partial charge in [-0.2, -0.15) is 10.4 Å². The molecule has 0 atom stereocenters. The average Bonchev–Trinajstić information content (AvgIpc) is 3.17. The molecule has 0 unspecified atom stereocenters. The summed E-state index contributed by atoms with van der Waals surface area (Å²) in [6.07, 6.45) is 5.32. The van der Waals surface area contributed by atoms with Crippen LogP contribution in [0.1, 0.15) is 29.8 Å². The number of aromatic nitrogens is 2. The van der Waals surface area contributed by atoms with Gasteiger partial charge in [0.25, 0.3) is 11.8 Å². The molecule has 160 valence electrons. The molecule has 0 aliphatic heterocycles. The predicted octanol–water partition coefficient (Wildman–Crippen LogP) is 4.67. The number of allylic oxidation sites excluding steroid dienone is 2. The lowest BCUT2D eigenvalue weighted by molar-refractivity contribution is -0.112. The molecule has 0 saturated carbocycles. The summed E-state index contributed by atoms with van der Waals surface area (Å²) in [7, 11) is 1.74. The Morgan fingerprint density at radius 1 is 1.06 bits per heavy atom. The van der Waals surface area contributed by atoms with Crippen molar-refractivity contribution in [3.8, 4) is 17.3 Å². The Hall–Kier alpha value is -4.44. The summed E-state index contributed by atoms with van der Waals surface area (Å²) in [6.45, 7) is 3.67. The molecule has 0 spiro atoms. The highest BCUT2D eigenvalue weighted by atomic mass is 16.2. The molecule has 3 aromatic rings. The quantitative estimate of drug-likeness (QED) is 0.443. The first-order chi connectivity index (χ1) is 15.4. The van der Waals surface area contributed by atoms with Gasteiger partial charge in [0.05, 0.1) is 17.3 Å². The van der Waals surface area contributed by atoms with E-state index in [1.54, 1.807) is 60.3 Å². The van der Waals surface area contributed by atoms with Gasteiger partial charge in [-0.05, 0) is 44.2 Å². The van der Waals surface area contributed by atoms with E-state index in [1.165, 1.54) is 6.07 Å². The molecule has 2 amide bonds. The molecule has 32 heavy (non-hydrogen) atoms. The van der Waals surface area contributed by atoms with Crippen LogP contribution < -0.4 is 10.6 Å². The van der Waals surface area contributed by atoms with Gasteiger partial charge in [-0.3, -0.25) is 14.3 Å². The number of nitrogens with one attached hydrogen (secondary N) is 2. The lowest BCUT2D eigenvalue weighted by atomic mass is 10.1. The minimum Gasteiger partial charge on any atom is -0.322 e. The normalized spacial score (nSPS) is 11.2. The molecule has 0 fully saturated rings. The van der Waals surface area contributed by atoms with Crippen molar-refractivity contribution < 1.29 is 9.59 Å². The van der Waals surface area contributed by atoms with Crippen molar-refractivity contribution in [3.05, 3.63) is 89.5 Å². The summed E-state index contributed by atoms with van der Waals surface area (Å²) in [6, 6.07) is 17.6. The Bertz CT molecular complexity index is 1240. The summed E-state index contributed by atoms with van der Waals surface area (Å²) in [5, 5.41) is 19.2. The third-order valence-corrected chi connectivity index (χ3v) is 4.73. The first-order valence-electron chi connectivity index (χ1n) is 10.0. The van der Waals surface area contributed by atoms with Crippen molar-refractivity contribution >= 4 is 23.3 Å². The molecule has 0 bridgehead atoms. The second kappa shape index (κ2) is 10.0. The van der Waals surface area contributed by atoms with Crippen LogP contribution in [0.15, 0.2) is 78.4 Å².